The summed E-state index contributed by atoms with van der Waals surface area (Å²) in [6.07, 6.45) is 3.12. The van der Waals surface area contributed by atoms with E-state index in [1.54, 1.807) is 69.7 Å². The third-order valence-corrected chi connectivity index (χ3v) is 7.29. The van der Waals surface area contributed by atoms with Crippen molar-refractivity contribution in [2.24, 2.45) is 0 Å². The summed E-state index contributed by atoms with van der Waals surface area (Å²) in [7, 11) is 1.06. The largest absolute Gasteiger partial charge is 0.495 e. The van der Waals surface area contributed by atoms with Gasteiger partial charge in [-0.25, -0.2) is 13.4 Å². The standard InChI is InChI=1S/C21H26N4O4S/c1-21(2,3)30(27,28)18-12-25-16(11-23-19(25)10-17(18)29-6)13-7-14(9-15(22)8-13)20(26)24(4)5/h7-12H,22H2,1-6H3. The number of nitrogens with zero attached hydrogens (tertiary/aromatic N) is 3. The van der Waals surface area contributed by atoms with Crippen LogP contribution in [0, 0.1) is 0 Å². The molecule has 0 aliphatic rings. The van der Waals surface area contributed by atoms with E-state index < -0.39 is 14.6 Å². The van der Waals surface area contributed by atoms with Gasteiger partial charge in [0.25, 0.3) is 5.91 Å². The summed E-state index contributed by atoms with van der Waals surface area (Å²) in [4.78, 5) is 18.3. The first-order chi connectivity index (χ1) is 13.9. The SMILES string of the molecule is COc1cc2ncc(-c3cc(N)cc(C(=O)N(C)C)c3)n2cc1S(=O)(=O)C(C)(C)C. The van der Waals surface area contributed by atoms with Crippen LogP contribution in [0.15, 0.2) is 41.6 Å². The molecule has 0 aliphatic heterocycles. The van der Waals surface area contributed by atoms with Gasteiger partial charge in [0.15, 0.2) is 9.84 Å². The molecule has 2 heterocycles. The van der Waals surface area contributed by atoms with Crippen molar-refractivity contribution in [1.82, 2.24) is 14.3 Å². The molecule has 9 heteroatoms. The zero-order chi connectivity index (χ0) is 22.4. The molecule has 0 aliphatic carbocycles. The zero-order valence-corrected chi connectivity index (χ0v) is 18.7. The summed E-state index contributed by atoms with van der Waals surface area (Å²) in [5.41, 5.74) is 8.66. The van der Waals surface area contributed by atoms with Crippen molar-refractivity contribution in [2.75, 3.05) is 26.9 Å². The van der Waals surface area contributed by atoms with Gasteiger partial charge in [-0.15, -0.1) is 0 Å². The summed E-state index contributed by atoms with van der Waals surface area (Å²) >= 11 is 0. The van der Waals surface area contributed by atoms with Crippen molar-refractivity contribution < 1.29 is 17.9 Å². The van der Waals surface area contributed by atoms with Gasteiger partial charge >= 0.3 is 0 Å². The van der Waals surface area contributed by atoms with E-state index in [4.69, 9.17) is 10.5 Å². The van der Waals surface area contributed by atoms with E-state index in [2.05, 4.69) is 4.98 Å². The van der Waals surface area contributed by atoms with Crippen molar-refractivity contribution >= 4 is 27.1 Å². The first-order valence-corrected chi connectivity index (χ1v) is 10.8. The van der Waals surface area contributed by atoms with Crippen LogP contribution >= 0.6 is 0 Å². The lowest BCUT2D eigenvalue weighted by atomic mass is 10.1. The molecule has 3 aromatic rings. The minimum absolute atomic E-state index is 0.0674. The molecule has 0 saturated heterocycles. The Hall–Kier alpha value is -3.07. The second kappa shape index (κ2) is 7.32. The van der Waals surface area contributed by atoms with E-state index >= 15 is 0 Å². The van der Waals surface area contributed by atoms with E-state index in [0.29, 0.717) is 28.2 Å². The Morgan fingerprint density at radius 1 is 1.17 bits per heavy atom. The highest BCUT2D eigenvalue weighted by molar-refractivity contribution is 7.92. The number of sulfone groups is 1. The number of fused-ring (bicyclic) bond motifs is 1. The van der Waals surface area contributed by atoms with Crippen molar-refractivity contribution in [2.45, 2.75) is 30.4 Å². The summed E-state index contributed by atoms with van der Waals surface area (Å²) in [6.45, 7) is 4.91. The molecular weight excluding hydrogens is 404 g/mol. The first kappa shape index (κ1) is 21.6. The molecular formula is C21H26N4O4S. The molecule has 2 N–H and O–H groups in total. The second-order valence-electron chi connectivity index (χ2n) is 8.24. The summed E-state index contributed by atoms with van der Waals surface area (Å²) in [5.74, 6) is 0.0423. The van der Waals surface area contributed by atoms with Crippen LogP contribution in [-0.2, 0) is 9.84 Å². The van der Waals surface area contributed by atoms with Crippen LogP contribution in [0.4, 0.5) is 5.69 Å². The fourth-order valence-corrected chi connectivity index (χ4v) is 4.38. The predicted molar refractivity (Wildman–Crippen MR) is 117 cm³/mol. The first-order valence-electron chi connectivity index (χ1n) is 9.29. The van der Waals surface area contributed by atoms with Crippen molar-refractivity contribution in [3.8, 4) is 17.0 Å². The van der Waals surface area contributed by atoms with Gasteiger partial charge in [0.05, 0.1) is 23.7 Å². The van der Waals surface area contributed by atoms with E-state index in [1.165, 1.54) is 18.2 Å². The minimum atomic E-state index is -3.69. The number of ether oxygens (including phenoxy) is 1. The van der Waals surface area contributed by atoms with Crippen LogP contribution in [0.2, 0.25) is 0 Å². The third-order valence-electron chi connectivity index (χ3n) is 4.79. The number of nitrogen functional groups attached to an aromatic ring is 1. The molecule has 0 bridgehead atoms. The number of carbonyl (C=O) groups is 1. The van der Waals surface area contributed by atoms with E-state index in [9.17, 15) is 13.2 Å². The van der Waals surface area contributed by atoms with Gasteiger partial charge in [0, 0.05) is 43.2 Å². The minimum Gasteiger partial charge on any atom is -0.495 e. The van der Waals surface area contributed by atoms with Crippen LogP contribution in [0.25, 0.3) is 16.9 Å². The number of methoxy groups -OCH3 is 1. The van der Waals surface area contributed by atoms with Crippen molar-refractivity contribution in [3.63, 3.8) is 0 Å². The lowest BCUT2D eigenvalue weighted by Gasteiger charge is -2.21. The average Bonchev–Trinajstić information content (AvgIpc) is 3.07. The summed E-state index contributed by atoms with van der Waals surface area (Å²) < 4.78 is 32.3. The number of hydrogen-bond acceptors (Lipinski definition) is 6. The molecule has 0 spiro atoms. The highest BCUT2D eigenvalue weighted by atomic mass is 32.2. The number of rotatable bonds is 4. The Labute approximate surface area is 176 Å². The number of aromatic nitrogens is 2. The number of nitrogens with two attached hydrogens (primary N) is 1. The molecule has 1 aromatic carbocycles. The molecule has 0 atom stereocenters. The fourth-order valence-electron chi connectivity index (χ4n) is 3.07. The Morgan fingerprint density at radius 3 is 2.40 bits per heavy atom. The number of carbonyl (C=O) groups excluding carboxylic acids is 1. The van der Waals surface area contributed by atoms with Gasteiger partial charge in [0.2, 0.25) is 0 Å². The van der Waals surface area contributed by atoms with Gasteiger partial charge < -0.3 is 15.4 Å². The Balaban J connectivity index is 2.28. The maximum atomic E-state index is 13.1. The lowest BCUT2D eigenvalue weighted by molar-refractivity contribution is 0.0827. The van der Waals surface area contributed by atoms with Crippen molar-refractivity contribution in [1.29, 1.82) is 0 Å². The highest BCUT2D eigenvalue weighted by Gasteiger charge is 2.34. The lowest BCUT2D eigenvalue weighted by Crippen LogP contribution is -2.28. The van der Waals surface area contributed by atoms with Gasteiger partial charge in [-0.05, 0) is 39.0 Å². The highest BCUT2D eigenvalue weighted by Crippen LogP contribution is 2.34. The quantitative estimate of drug-likeness (QED) is 0.638. The molecule has 30 heavy (non-hydrogen) atoms. The van der Waals surface area contributed by atoms with Crippen LogP contribution in [0.3, 0.4) is 0 Å². The van der Waals surface area contributed by atoms with E-state index in [-0.39, 0.29) is 16.6 Å². The predicted octanol–water partition coefficient (Wildman–Crippen LogP) is 2.87. The smallest absolute Gasteiger partial charge is 0.253 e. The number of anilines is 1. The van der Waals surface area contributed by atoms with Crippen LogP contribution < -0.4 is 10.5 Å². The fraction of sp³-hybridized carbons (Fsp3) is 0.333. The van der Waals surface area contributed by atoms with Crippen molar-refractivity contribution in [3.05, 3.63) is 42.2 Å². The average molecular weight is 431 g/mol. The normalized spacial score (nSPS) is 12.2. The Kier molecular flexibility index (Phi) is 5.28. The summed E-state index contributed by atoms with van der Waals surface area (Å²) in [5, 5.41) is 0. The molecule has 160 valence electrons. The molecule has 8 nitrogen and oxygen atoms in total. The van der Waals surface area contributed by atoms with Gasteiger partial charge in [0.1, 0.15) is 16.3 Å². The van der Waals surface area contributed by atoms with Gasteiger partial charge in [-0.3, -0.25) is 9.20 Å². The van der Waals surface area contributed by atoms with Crippen LogP contribution in [0.5, 0.6) is 5.75 Å². The second-order valence-corrected chi connectivity index (χ2v) is 10.9. The number of pyridine rings is 1. The number of benzene rings is 1. The number of hydrogen-bond donors (Lipinski definition) is 1. The molecule has 0 unspecified atom stereocenters. The third kappa shape index (κ3) is 3.60. The molecule has 1 amide bonds. The molecule has 3 rings (SSSR count). The van der Waals surface area contributed by atoms with Gasteiger partial charge in [-0.1, -0.05) is 0 Å². The van der Waals surface area contributed by atoms with E-state index in [1.807, 2.05) is 0 Å². The van der Waals surface area contributed by atoms with Crippen LogP contribution in [-0.4, -0.2) is 54.6 Å². The molecule has 2 aromatic heterocycles. The Morgan fingerprint density at radius 2 is 1.83 bits per heavy atom. The zero-order valence-electron chi connectivity index (χ0n) is 17.9. The molecule has 0 fully saturated rings. The number of imidazole rings is 1. The Bertz CT molecular complexity index is 1240. The van der Waals surface area contributed by atoms with Gasteiger partial charge in [-0.2, -0.15) is 0 Å². The van der Waals surface area contributed by atoms with E-state index in [0.717, 1.165) is 0 Å². The maximum absolute atomic E-state index is 13.1. The topological polar surface area (TPSA) is 107 Å². The summed E-state index contributed by atoms with van der Waals surface area (Å²) in [6, 6.07) is 6.62. The van der Waals surface area contributed by atoms with Crippen LogP contribution in [0.1, 0.15) is 31.1 Å². The maximum Gasteiger partial charge on any atom is 0.253 e. The molecule has 0 saturated carbocycles. The monoisotopic (exact) mass is 430 g/mol. The number of amides is 1. The molecule has 0 radical (unpaired) electrons.